The lowest BCUT2D eigenvalue weighted by molar-refractivity contribution is 0.108. The van der Waals surface area contributed by atoms with Crippen molar-refractivity contribution < 1.29 is 4.79 Å². The van der Waals surface area contributed by atoms with Crippen molar-refractivity contribution in [3.05, 3.63) is 52.6 Å². The SMILES string of the molecule is Cc1ccc(SC(=O)c2cc(C)nc(Cl)n2)cc1. The van der Waals surface area contributed by atoms with E-state index in [2.05, 4.69) is 9.97 Å². The second-order valence-corrected chi connectivity index (χ2v) is 5.25. The van der Waals surface area contributed by atoms with E-state index in [0.29, 0.717) is 11.4 Å². The van der Waals surface area contributed by atoms with Gasteiger partial charge in [-0.15, -0.1) is 0 Å². The van der Waals surface area contributed by atoms with Gasteiger partial charge in [-0.2, -0.15) is 0 Å². The highest BCUT2D eigenvalue weighted by molar-refractivity contribution is 8.14. The van der Waals surface area contributed by atoms with Crippen LogP contribution in [0.4, 0.5) is 0 Å². The molecule has 1 aromatic heterocycles. The molecular formula is C13H11ClN2OS. The Hall–Kier alpha value is -1.39. The minimum atomic E-state index is -0.133. The quantitative estimate of drug-likeness (QED) is 0.621. The average molecular weight is 279 g/mol. The highest BCUT2D eigenvalue weighted by Gasteiger charge is 2.11. The molecular weight excluding hydrogens is 268 g/mol. The van der Waals surface area contributed by atoms with E-state index >= 15 is 0 Å². The first kappa shape index (κ1) is 13.1. The van der Waals surface area contributed by atoms with Crippen LogP contribution in [0.5, 0.6) is 0 Å². The molecule has 3 nitrogen and oxygen atoms in total. The van der Waals surface area contributed by atoms with Crippen LogP contribution in [0.15, 0.2) is 35.2 Å². The molecule has 0 bridgehead atoms. The number of halogens is 1. The minimum Gasteiger partial charge on any atom is -0.279 e. The van der Waals surface area contributed by atoms with Crippen LogP contribution in [0.3, 0.4) is 0 Å². The molecule has 0 saturated carbocycles. The molecule has 0 aliphatic heterocycles. The Morgan fingerprint density at radius 2 is 1.83 bits per heavy atom. The van der Waals surface area contributed by atoms with Crippen molar-refractivity contribution in [3.63, 3.8) is 0 Å². The predicted octanol–water partition coefficient (Wildman–Crippen LogP) is 3.68. The maximum Gasteiger partial charge on any atom is 0.242 e. The van der Waals surface area contributed by atoms with Gasteiger partial charge in [-0.3, -0.25) is 4.79 Å². The maximum atomic E-state index is 12.0. The smallest absolute Gasteiger partial charge is 0.242 e. The molecule has 0 radical (unpaired) electrons. The summed E-state index contributed by atoms with van der Waals surface area (Å²) in [5.74, 6) is 0. The Morgan fingerprint density at radius 1 is 1.17 bits per heavy atom. The molecule has 18 heavy (non-hydrogen) atoms. The number of thioether (sulfide) groups is 1. The van der Waals surface area contributed by atoms with Crippen LogP contribution in [0.25, 0.3) is 0 Å². The first-order chi connectivity index (χ1) is 8.54. The second-order valence-electron chi connectivity index (χ2n) is 3.87. The van der Waals surface area contributed by atoms with Crippen LogP contribution in [0, 0.1) is 13.8 Å². The summed E-state index contributed by atoms with van der Waals surface area (Å²) in [7, 11) is 0. The third kappa shape index (κ3) is 3.31. The Balaban J connectivity index is 2.19. The van der Waals surface area contributed by atoms with Crippen LogP contribution in [-0.2, 0) is 0 Å². The first-order valence-electron chi connectivity index (χ1n) is 5.34. The number of carbonyl (C=O) groups is 1. The molecule has 0 atom stereocenters. The van der Waals surface area contributed by atoms with E-state index in [9.17, 15) is 4.79 Å². The Labute approximate surface area is 115 Å². The fraction of sp³-hybridized carbons (Fsp3) is 0.154. The highest BCUT2D eigenvalue weighted by atomic mass is 35.5. The van der Waals surface area contributed by atoms with Crippen molar-refractivity contribution in [2.75, 3.05) is 0 Å². The van der Waals surface area contributed by atoms with E-state index in [1.165, 1.54) is 0 Å². The number of benzene rings is 1. The van der Waals surface area contributed by atoms with E-state index in [-0.39, 0.29) is 10.4 Å². The number of aromatic nitrogens is 2. The third-order valence-electron chi connectivity index (χ3n) is 2.27. The third-order valence-corrected chi connectivity index (χ3v) is 3.34. The van der Waals surface area contributed by atoms with E-state index in [1.54, 1.807) is 13.0 Å². The van der Waals surface area contributed by atoms with E-state index in [4.69, 9.17) is 11.6 Å². The average Bonchev–Trinajstić information content (AvgIpc) is 2.31. The molecule has 2 rings (SSSR count). The van der Waals surface area contributed by atoms with Gasteiger partial charge in [-0.25, -0.2) is 9.97 Å². The van der Waals surface area contributed by atoms with Gasteiger partial charge in [0, 0.05) is 10.6 Å². The first-order valence-corrected chi connectivity index (χ1v) is 6.54. The Bertz CT molecular complexity index is 564. The minimum absolute atomic E-state index is 0.0999. The summed E-state index contributed by atoms with van der Waals surface area (Å²) in [6.07, 6.45) is 0. The van der Waals surface area contributed by atoms with Gasteiger partial charge in [0.05, 0.1) is 0 Å². The normalized spacial score (nSPS) is 10.4. The second kappa shape index (κ2) is 5.50. The summed E-state index contributed by atoms with van der Waals surface area (Å²) in [4.78, 5) is 20.8. The zero-order valence-corrected chi connectivity index (χ0v) is 11.5. The standard InChI is InChI=1S/C13H11ClN2OS/c1-8-3-5-10(6-4-8)18-12(17)11-7-9(2)15-13(14)16-11/h3-7H,1-2H3. The topological polar surface area (TPSA) is 42.9 Å². The summed E-state index contributed by atoms with van der Waals surface area (Å²) in [6, 6.07) is 9.39. The lowest BCUT2D eigenvalue weighted by Gasteiger charge is -2.02. The summed E-state index contributed by atoms with van der Waals surface area (Å²) in [6.45, 7) is 3.78. The Morgan fingerprint density at radius 3 is 2.44 bits per heavy atom. The highest BCUT2D eigenvalue weighted by Crippen LogP contribution is 2.23. The number of rotatable bonds is 2. The Kier molecular flexibility index (Phi) is 3.99. The number of carbonyl (C=O) groups excluding carboxylic acids is 1. The largest absolute Gasteiger partial charge is 0.279 e. The van der Waals surface area contributed by atoms with Crippen molar-refractivity contribution in [1.82, 2.24) is 9.97 Å². The summed E-state index contributed by atoms with van der Waals surface area (Å²) >= 11 is 6.87. The van der Waals surface area contributed by atoms with Crippen LogP contribution in [0.2, 0.25) is 5.28 Å². The van der Waals surface area contributed by atoms with E-state index in [0.717, 1.165) is 22.2 Å². The van der Waals surface area contributed by atoms with Gasteiger partial charge in [0.1, 0.15) is 5.69 Å². The van der Waals surface area contributed by atoms with E-state index in [1.807, 2.05) is 31.2 Å². The maximum absolute atomic E-state index is 12.0. The van der Waals surface area contributed by atoms with Gasteiger partial charge < -0.3 is 0 Å². The molecule has 92 valence electrons. The van der Waals surface area contributed by atoms with Crippen LogP contribution in [-0.4, -0.2) is 15.1 Å². The van der Waals surface area contributed by atoms with Crippen molar-refractivity contribution in [2.45, 2.75) is 18.7 Å². The predicted molar refractivity (Wildman–Crippen MR) is 73.1 cm³/mol. The van der Waals surface area contributed by atoms with Crippen molar-refractivity contribution in [3.8, 4) is 0 Å². The molecule has 2 aromatic rings. The molecule has 1 aromatic carbocycles. The molecule has 5 heteroatoms. The van der Waals surface area contributed by atoms with Gasteiger partial charge in [-0.05, 0) is 55.4 Å². The van der Waals surface area contributed by atoms with Gasteiger partial charge in [0.25, 0.3) is 0 Å². The van der Waals surface area contributed by atoms with Crippen LogP contribution >= 0.6 is 23.4 Å². The molecule has 0 aliphatic rings. The number of nitrogens with zero attached hydrogens (tertiary/aromatic N) is 2. The van der Waals surface area contributed by atoms with Gasteiger partial charge in [-0.1, -0.05) is 17.7 Å². The van der Waals surface area contributed by atoms with Crippen molar-refractivity contribution in [1.29, 1.82) is 0 Å². The molecule has 0 N–H and O–H groups in total. The number of hydrogen-bond acceptors (Lipinski definition) is 4. The van der Waals surface area contributed by atoms with Gasteiger partial charge >= 0.3 is 0 Å². The number of hydrogen-bond donors (Lipinski definition) is 0. The summed E-state index contributed by atoms with van der Waals surface area (Å²) in [5.41, 5.74) is 2.17. The van der Waals surface area contributed by atoms with E-state index < -0.39 is 0 Å². The zero-order valence-electron chi connectivity index (χ0n) is 9.98. The summed E-state index contributed by atoms with van der Waals surface area (Å²) in [5, 5.41) is -0.0332. The molecule has 1 heterocycles. The van der Waals surface area contributed by atoms with Crippen molar-refractivity contribution in [2.24, 2.45) is 0 Å². The molecule has 0 amide bonds. The molecule has 0 spiro atoms. The fourth-order valence-corrected chi connectivity index (χ4v) is 2.32. The molecule has 0 fully saturated rings. The van der Waals surface area contributed by atoms with Crippen molar-refractivity contribution >= 4 is 28.5 Å². The zero-order chi connectivity index (χ0) is 13.1. The van der Waals surface area contributed by atoms with Gasteiger partial charge in [0.15, 0.2) is 0 Å². The fourth-order valence-electron chi connectivity index (χ4n) is 1.40. The molecule has 0 aliphatic carbocycles. The monoisotopic (exact) mass is 278 g/mol. The number of aryl methyl sites for hydroxylation is 2. The lowest BCUT2D eigenvalue weighted by Crippen LogP contribution is -2.00. The molecule has 0 unspecified atom stereocenters. The lowest BCUT2D eigenvalue weighted by atomic mass is 10.2. The molecule has 0 saturated heterocycles. The summed E-state index contributed by atoms with van der Waals surface area (Å²) < 4.78 is 0. The van der Waals surface area contributed by atoms with Crippen LogP contribution in [0.1, 0.15) is 21.7 Å². The van der Waals surface area contributed by atoms with Gasteiger partial charge in [0.2, 0.25) is 10.4 Å². The van der Waals surface area contributed by atoms with Crippen LogP contribution < -0.4 is 0 Å².